The van der Waals surface area contributed by atoms with Crippen LogP contribution in [0.2, 0.25) is 0 Å². The molecule has 0 atom stereocenters. The lowest BCUT2D eigenvalue weighted by Crippen LogP contribution is -2.58. The van der Waals surface area contributed by atoms with Crippen LogP contribution in [0.5, 0.6) is 0 Å². The van der Waals surface area contributed by atoms with Gasteiger partial charge in [-0.15, -0.1) is 10.2 Å². The molecule has 1 aliphatic carbocycles. The van der Waals surface area contributed by atoms with Gasteiger partial charge in [-0.3, -0.25) is 4.90 Å². The minimum Gasteiger partial charge on any atom is -0.369 e. The Bertz CT molecular complexity index is 1110. The van der Waals surface area contributed by atoms with Crippen LogP contribution in [0.25, 0.3) is 11.4 Å². The summed E-state index contributed by atoms with van der Waals surface area (Å²) >= 11 is 0. The molecule has 0 unspecified atom stereocenters. The van der Waals surface area contributed by atoms with E-state index in [0.29, 0.717) is 12.5 Å². The van der Waals surface area contributed by atoms with Gasteiger partial charge in [0, 0.05) is 11.3 Å². The van der Waals surface area contributed by atoms with Crippen LogP contribution in [0.3, 0.4) is 0 Å². The van der Waals surface area contributed by atoms with Gasteiger partial charge in [-0.2, -0.15) is 4.99 Å². The Morgan fingerprint density at radius 2 is 1.65 bits per heavy atom. The SMILES string of the molecule is NC1=NC2(CCCCC2)N(c2ccc(-c3nncn3Cc3ccccc3)cc2)C(N)=N1. The number of nitrogens with zero attached hydrogens (tertiary/aromatic N) is 6. The summed E-state index contributed by atoms with van der Waals surface area (Å²) in [5.41, 5.74) is 15.0. The molecule has 0 bridgehead atoms. The number of nitrogens with two attached hydrogens (primary N) is 2. The maximum Gasteiger partial charge on any atom is 0.220 e. The molecule has 158 valence electrons. The molecule has 8 nitrogen and oxygen atoms in total. The molecule has 8 heteroatoms. The second kappa shape index (κ2) is 7.86. The molecule has 3 aromatic rings. The van der Waals surface area contributed by atoms with E-state index in [0.717, 1.165) is 42.8 Å². The first-order chi connectivity index (χ1) is 15.1. The highest BCUT2D eigenvalue weighted by Crippen LogP contribution is 2.39. The first-order valence-electron chi connectivity index (χ1n) is 10.7. The minimum atomic E-state index is -0.441. The highest BCUT2D eigenvalue weighted by molar-refractivity contribution is 6.05. The summed E-state index contributed by atoms with van der Waals surface area (Å²) in [4.78, 5) is 11.0. The predicted molar refractivity (Wildman–Crippen MR) is 123 cm³/mol. The fourth-order valence-corrected chi connectivity index (χ4v) is 4.63. The Hall–Kier alpha value is -3.68. The summed E-state index contributed by atoms with van der Waals surface area (Å²) in [7, 11) is 0. The van der Waals surface area contributed by atoms with Crippen LogP contribution in [0, 0.1) is 0 Å². The molecule has 31 heavy (non-hydrogen) atoms. The van der Waals surface area contributed by atoms with Crippen molar-refractivity contribution in [2.24, 2.45) is 21.5 Å². The van der Waals surface area contributed by atoms with Crippen molar-refractivity contribution in [1.29, 1.82) is 0 Å². The molecule has 1 aromatic heterocycles. The van der Waals surface area contributed by atoms with Gasteiger partial charge in [-0.05, 0) is 55.5 Å². The van der Waals surface area contributed by atoms with Gasteiger partial charge in [-0.1, -0.05) is 36.8 Å². The number of aromatic nitrogens is 3. The number of hydrogen-bond acceptors (Lipinski definition) is 7. The summed E-state index contributed by atoms with van der Waals surface area (Å²) in [6, 6.07) is 18.5. The van der Waals surface area contributed by atoms with E-state index < -0.39 is 5.66 Å². The third kappa shape index (κ3) is 3.65. The quantitative estimate of drug-likeness (QED) is 0.681. The van der Waals surface area contributed by atoms with E-state index in [2.05, 4.69) is 31.9 Å². The summed E-state index contributed by atoms with van der Waals surface area (Å²) in [5.74, 6) is 1.49. The third-order valence-corrected chi connectivity index (χ3v) is 6.05. The maximum absolute atomic E-state index is 6.34. The first-order valence-corrected chi connectivity index (χ1v) is 10.7. The standard InChI is InChI=1S/C23H26N8/c24-21-27-22(25)31(23(28-21)13-5-2-6-14-23)19-11-9-18(10-12-19)20-29-26-16-30(20)15-17-7-3-1-4-8-17/h1,3-4,7-12,16H,2,5-6,13-15H2,(H4,24,25,27,28). The van der Waals surface area contributed by atoms with Gasteiger partial charge in [-0.25, -0.2) is 4.99 Å². The Morgan fingerprint density at radius 3 is 2.39 bits per heavy atom. The molecule has 1 aliphatic heterocycles. The van der Waals surface area contributed by atoms with Gasteiger partial charge < -0.3 is 16.0 Å². The monoisotopic (exact) mass is 414 g/mol. The van der Waals surface area contributed by atoms with Crippen molar-refractivity contribution in [2.45, 2.75) is 44.3 Å². The second-order valence-corrected chi connectivity index (χ2v) is 8.13. The van der Waals surface area contributed by atoms with Gasteiger partial charge in [0.25, 0.3) is 0 Å². The number of anilines is 1. The average molecular weight is 415 g/mol. The number of hydrogen-bond donors (Lipinski definition) is 2. The predicted octanol–water partition coefficient (Wildman–Crippen LogP) is 3.10. The molecule has 2 aliphatic rings. The van der Waals surface area contributed by atoms with Crippen LogP contribution in [0.4, 0.5) is 5.69 Å². The van der Waals surface area contributed by atoms with E-state index >= 15 is 0 Å². The van der Waals surface area contributed by atoms with E-state index in [4.69, 9.17) is 16.5 Å². The Kier molecular flexibility index (Phi) is 4.89. The lowest BCUT2D eigenvalue weighted by Gasteiger charge is -2.45. The van der Waals surface area contributed by atoms with Gasteiger partial charge >= 0.3 is 0 Å². The summed E-state index contributed by atoms with van der Waals surface area (Å²) < 4.78 is 2.05. The van der Waals surface area contributed by atoms with Crippen LogP contribution in [-0.2, 0) is 6.54 Å². The Labute approximate surface area is 181 Å². The van der Waals surface area contributed by atoms with Crippen LogP contribution in [0.15, 0.2) is 70.9 Å². The van der Waals surface area contributed by atoms with Crippen molar-refractivity contribution in [1.82, 2.24) is 14.8 Å². The third-order valence-electron chi connectivity index (χ3n) is 6.05. The normalized spacial score (nSPS) is 18.0. The van der Waals surface area contributed by atoms with Gasteiger partial charge in [0.05, 0.1) is 6.54 Å². The molecule has 0 saturated heterocycles. The minimum absolute atomic E-state index is 0.265. The summed E-state index contributed by atoms with van der Waals surface area (Å²) in [6.45, 7) is 0.716. The van der Waals surface area contributed by atoms with Crippen molar-refractivity contribution in [3.8, 4) is 11.4 Å². The number of aliphatic imine (C=N–C) groups is 2. The van der Waals surface area contributed by atoms with E-state index in [1.807, 2.05) is 47.4 Å². The van der Waals surface area contributed by atoms with E-state index in [-0.39, 0.29) is 5.96 Å². The van der Waals surface area contributed by atoms with E-state index in [1.54, 1.807) is 6.33 Å². The fraction of sp³-hybridized carbons (Fsp3) is 0.304. The largest absolute Gasteiger partial charge is 0.369 e. The van der Waals surface area contributed by atoms with Crippen LogP contribution in [0.1, 0.15) is 37.7 Å². The fourth-order valence-electron chi connectivity index (χ4n) is 4.63. The van der Waals surface area contributed by atoms with E-state index in [1.165, 1.54) is 12.0 Å². The maximum atomic E-state index is 6.34. The molecule has 2 heterocycles. The molecule has 5 rings (SSSR count). The van der Waals surface area contributed by atoms with Gasteiger partial charge in [0.2, 0.25) is 11.9 Å². The molecule has 1 saturated carbocycles. The lowest BCUT2D eigenvalue weighted by molar-refractivity contribution is 0.305. The Morgan fingerprint density at radius 1 is 0.903 bits per heavy atom. The van der Waals surface area contributed by atoms with Crippen molar-refractivity contribution in [3.05, 3.63) is 66.5 Å². The number of guanidine groups is 2. The molecular formula is C23H26N8. The molecule has 0 amide bonds. The zero-order valence-electron chi connectivity index (χ0n) is 17.4. The topological polar surface area (TPSA) is 111 Å². The molecule has 0 radical (unpaired) electrons. The van der Waals surface area contributed by atoms with Crippen LogP contribution in [-0.4, -0.2) is 32.3 Å². The van der Waals surface area contributed by atoms with Crippen molar-refractivity contribution >= 4 is 17.6 Å². The molecule has 1 fully saturated rings. The van der Waals surface area contributed by atoms with Crippen molar-refractivity contribution in [2.75, 3.05) is 4.90 Å². The summed E-state index contributed by atoms with van der Waals surface area (Å²) in [5, 5.41) is 8.47. The van der Waals surface area contributed by atoms with Crippen molar-refractivity contribution in [3.63, 3.8) is 0 Å². The number of rotatable bonds is 4. The summed E-state index contributed by atoms with van der Waals surface area (Å²) in [6.07, 6.45) is 6.99. The highest BCUT2D eigenvalue weighted by atomic mass is 15.4. The zero-order chi connectivity index (χ0) is 21.3. The van der Waals surface area contributed by atoms with Crippen LogP contribution >= 0.6 is 0 Å². The van der Waals surface area contributed by atoms with Gasteiger partial charge in [0.15, 0.2) is 5.82 Å². The molecule has 2 aromatic carbocycles. The van der Waals surface area contributed by atoms with Crippen LogP contribution < -0.4 is 16.4 Å². The number of benzene rings is 2. The highest BCUT2D eigenvalue weighted by Gasteiger charge is 2.42. The molecule has 1 spiro atoms. The second-order valence-electron chi connectivity index (χ2n) is 8.13. The Balaban J connectivity index is 1.44. The average Bonchev–Trinajstić information content (AvgIpc) is 3.23. The van der Waals surface area contributed by atoms with Crippen molar-refractivity contribution < 1.29 is 0 Å². The zero-order valence-corrected chi connectivity index (χ0v) is 17.4. The van der Waals surface area contributed by atoms with Gasteiger partial charge in [0.1, 0.15) is 12.0 Å². The molecule has 4 N–H and O–H groups in total. The lowest BCUT2D eigenvalue weighted by atomic mass is 9.87. The smallest absolute Gasteiger partial charge is 0.220 e. The van der Waals surface area contributed by atoms with E-state index in [9.17, 15) is 0 Å². The first kappa shape index (κ1) is 19.3. The molecular weight excluding hydrogens is 388 g/mol.